The van der Waals surface area contributed by atoms with Gasteiger partial charge in [0.2, 0.25) is 10.9 Å². The highest BCUT2D eigenvalue weighted by molar-refractivity contribution is 5.58. The minimum absolute atomic E-state index is 0.718. The number of rotatable bonds is 2. The lowest BCUT2D eigenvalue weighted by Gasteiger charge is -2.27. The molecule has 0 atom stereocenters. The van der Waals surface area contributed by atoms with Gasteiger partial charge in [0, 0.05) is 23.3 Å². The molecule has 2 heteroatoms. The number of fused-ring (bicyclic) bond motifs is 1. The van der Waals surface area contributed by atoms with E-state index < -0.39 is 5.54 Å². The molecule has 0 radical (unpaired) electrons. The summed E-state index contributed by atoms with van der Waals surface area (Å²) in [4.78, 5) is 0. The summed E-state index contributed by atoms with van der Waals surface area (Å²) in [5.74, 6) is 0. The maximum absolute atomic E-state index is 13.2. The Morgan fingerprint density at radius 3 is 1.68 bits per heavy atom. The lowest BCUT2D eigenvalue weighted by atomic mass is 9.83. The minimum atomic E-state index is -0.799. The Hall–Kier alpha value is -2.87. The molecule has 106 valence electrons. The fourth-order valence-corrected chi connectivity index (χ4v) is 3.22. The molecule has 0 aromatic heterocycles. The maximum Gasteiger partial charge on any atom is 0.243 e. The molecule has 1 aliphatic heterocycles. The molecule has 1 aliphatic rings. The van der Waals surface area contributed by atoms with E-state index in [9.17, 15) is 5.21 Å². The molecule has 0 N–H and O–H groups in total. The first-order valence-electron chi connectivity index (χ1n) is 7.36. The Balaban J connectivity index is 2.12. The number of nitrogens with zero attached hydrogens (tertiary/aromatic N) is 1. The van der Waals surface area contributed by atoms with E-state index in [1.54, 1.807) is 0 Å². The van der Waals surface area contributed by atoms with Gasteiger partial charge in [-0.15, -0.1) is 0 Å². The molecule has 0 aliphatic carbocycles. The monoisotopic (exact) mass is 285 g/mol. The van der Waals surface area contributed by atoms with Gasteiger partial charge in [-0.1, -0.05) is 72.8 Å². The van der Waals surface area contributed by atoms with E-state index in [2.05, 4.69) is 6.08 Å². The predicted octanol–water partition coefficient (Wildman–Crippen LogP) is 2.41. The Morgan fingerprint density at radius 2 is 1.14 bits per heavy atom. The molecule has 0 bridgehead atoms. The summed E-state index contributed by atoms with van der Waals surface area (Å²) in [7, 11) is 0. The van der Waals surface area contributed by atoms with Crippen molar-refractivity contribution in [3.63, 3.8) is 0 Å². The zero-order valence-electron chi connectivity index (χ0n) is 12.0. The van der Waals surface area contributed by atoms with Crippen molar-refractivity contribution in [3.8, 4) is 0 Å². The molecule has 3 aromatic rings. The first kappa shape index (κ1) is 12.8. The lowest BCUT2D eigenvalue weighted by molar-refractivity contribution is 0.532. The van der Waals surface area contributed by atoms with E-state index >= 15 is 0 Å². The summed E-state index contributed by atoms with van der Waals surface area (Å²) >= 11 is 0. The minimum Gasteiger partial charge on any atom is -0.622 e. The average Bonchev–Trinajstić information content (AvgIpc) is 2.91. The van der Waals surface area contributed by atoms with Crippen LogP contribution in [-0.4, -0.2) is 0 Å². The van der Waals surface area contributed by atoms with E-state index in [1.165, 1.54) is 0 Å². The standard InChI is InChI=1S/C20H15NO/c22-21-19-14-8-7-9-16(19)15-20(21,17-10-3-1-4-11-17)18-12-5-2-6-13-18/h1-15H. The van der Waals surface area contributed by atoms with Crippen molar-refractivity contribution >= 4 is 6.08 Å². The Bertz CT molecular complexity index is 891. The molecule has 1 heterocycles. The molecule has 3 aromatic carbocycles. The van der Waals surface area contributed by atoms with Gasteiger partial charge in [-0.3, -0.25) is 0 Å². The number of hydrogen-bond donors (Lipinski definition) is 0. The van der Waals surface area contributed by atoms with Gasteiger partial charge in [0.05, 0.1) is 5.22 Å². The molecule has 0 amide bonds. The summed E-state index contributed by atoms with van der Waals surface area (Å²) in [6.45, 7) is 0. The molecular weight excluding hydrogens is 270 g/mol. The van der Waals surface area contributed by atoms with Crippen LogP contribution in [0, 0.1) is 5.21 Å². The van der Waals surface area contributed by atoms with Gasteiger partial charge in [0.25, 0.3) is 0 Å². The van der Waals surface area contributed by atoms with Gasteiger partial charge in [-0.25, -0.2) is 0 Å². The van der Waals surface area contributed by atoms with Crippen LogP contribution in [0.3, 0.4) is 0 Å². The van der Waals surface area contributed by atoms with Gasteiger partial charge in [0.1, 0.15) is 0 Å². The lowest BCUT2D eigenvalue weighted by Crippen LogP contribution is -2.41. The summed E-state index contributed by atoms with van der Waals surface area (Å²) in [6, 6.07) is 27.7. The second kappa shape index (κ2) is 4.85. The van der Waals surface area contributed by atoms with Crippen LogP contribution in [0.5, 0.6) is 0 Å². The van der Waals surface area contributed by atoms with E-state index in [1.807, 2.05) is 84.9 Å². The van der Waals surface area contributed by atoms with E-state index in [4.69, 9.17) is 0 Å². The van der Waals surface area contributed by atoms with Crippen LogP contribution in [0.4, 0.5) is 0 Å². The molecular formula is C20H15NO. The average molecular weight is 285 g/mol. The third-order valence-corrected chi connectivity index (χ3v) is 4.27. The van der Waals surface area contributed by atoms with Crippen LogP contribution in [0.2, 0.25) is 0 Å². The van der Waals surface area contributed by atoms with Crippen molar-refractivity contribution in [2.75, 3.05) is 0 Å². The first-order valence-corrected chi connectivity index (χ1v) is 7.36. The van der Waals surface area contributed by atoms with Crippen LogP contribution in [0.15, 0.2) is 84.9 Å². The summed E-state index contributed by atoms with van der Waals surface area (Å²) in [6.07, 6.45) is 2.07. The van der Waals surface area contributed by atoms with Gasteiger partial charge >= 0.3 is 0 Å². The zero-order valence-corrected chi connectivity index (χ0v) is 12.0. The quantitative estimate of drug-likeness (QED) is 0.524. The topological polar surface area (TPSA) is 26.1 Å². The predicted molar refractivity (Wildman–Crippen MR) is 88.4 cm³/mol. The fourth-order valence-electron chi connectivity index (χ4n) is 3.22. The third-order valence-electron chi connectivity index (χ3n) is 4.27. The molecule has 0 unspecified atom stereocenters. The smallest absolute Gasteiger partial charge is 0.243 e. The van der Waals surface area contributed by atoms with Crippen molar-refractivity contribution < 1.29 is 0 Å². The molecule has 0 spiro atoms. The van der Waals surface area contributed by atoms with Crippen LogP contribution in [-0.2, 0) is 5.54 Å². The van der Waals surface area contributed by atoms with Crippen molar-refractivity contribution in [3.05, 3.63) is 112 Å². The first-order chi connectivity index (χ1) is 10.8. The van der Waals surface area contributed by atoms with E-state index in [0.717, 1.165) is 26.4 Å². The summed E-state index contributed by atoms with van der Waals surface area (Å²) in [5, 5.41) is 14.9. The van der Waals surface area contributed by atoms with Crippen molar-refractivity contribution in [2.45, 2.75) is 5.54 Å². The maximum atomic E-state index is 13.2. The van der Waals surface area contributed by atoms with Crippen LogP contribution in [0.25, 0.3) is 6.08 Å². The molecule has 0 fully saturated rings. The van der Waals surface area contributed by atoms with Gasteiger partial charge in [-0.05, 0) is 6.07 Å². The van der Waals surface area contributed by atoms with E-state index in [-0.39, 0.29) is 0 Å². The number of benzene rings is 3. The summed E-state index contributed by atoms with van der Waals surface area (Å²) < 4.78 is 1.13. The Morgan fingerprint density at radius 1 is 0.636 bits per heavy atom. The molecule has 22 heavy (non-hydrogen) atoms. The second-order valence-corrected chi connectivity index (χ2v) is 5.50. The van der Waals surface area contributed by atoms with Gasteiger partial charge in [0.15, 0.2) is 0 Å². The number of para-hydroxylation sites is 1. The molecule has 0 saturated heterocycles. The second-order valence-electron chi connectivity index (χ2n) is 5.50. The highest BCUT2D eigenvalue weighted by Gasteiger charge is 2.43. The number of hydrogen-bond acceptors (Lipinski definition) is 1. The zero-order chi connectivity index (χ0) is 15.0. The molecule has 0 saturated carbocycles. The normalized spacial score (nSPS) is 15.2. The van der Waals surface area contributed by atoms with Gasteiger partial charge in [-0.2, -0.15) is 4.74 Å². The van der Waals surface area contributed by atoms with Crippen LogP contribution >= 0.6 is 0 Å². The van der Waals surface area contributed by atoms with Crippen LogP contribution < -0.4 is 15.3 Å². The van der Waals surface area contributed by atoms with Crippen molar-refractivity contribution in [1.29, 1.82) is 0 Å². The number of hydroxylamine groups is 1. The fraction of sp³-hybridized carbons (Fsp3) is 0.0500. The van der Waals surface area contributed by atoms with Gasteiger partial charge < -0.3 is 5.21 Å². The largest absolute Gasteiger partial charge is 0.622 e. The van der Waals surface area contributed by atoms with Crippen LogP contribution in [0.1, 0.15) is 11.1 Å². The molecule has 4 rings (SSSR count). The molecule has 2 nitrogen and oxygen atoms in total. The Labute approximate surface area is 128 Å². The van der Waals surface area contributed by atoms with E-state index in [0.29, 0.717) is 0 Å². The highest BCUT2D eigenvalue weighted by atomic mass is 16.5. The summed E-state index contributed by atoms with van der Waals surface area (Å²) in [5.41, 5.74) is 1.16. The third kappa shape index (κ3) is 1.70. The van der Waals surface area contributed by atoms with Crippen molar-refractivity contribution in [2.24, 2.45) is 0 Å². The highest BCUT2D eigenvalue weighted by Crippen LogP contribution is 2.34. The Kier molecular flexibility index (Phi) is 2.83. The van der Waals surface area contributed by atoms with Crippen molar-refractivity contribution in [1.82, 2.24) is 4.74 Å². The SMILES string of the molecule is [O-][N+]1=c2ccccc2=CC1(c1ccccc1)c1ccccc1.